The number of rotatable bonds is 3. The number of fused-ring (bicyclic) bond motifs is 2. The van der Waals surface area contributed by atoms with E-state index in [0.29, 0.717) is 12.4 Å². The van der Waals surface area contributed by atoms with Gasteiger partial charge in [-0.25, -0.2) is 9.67 Å². The van der Waals surface area contributed by atoms with Crippen LogP contribution >= 0.6 is 11.3 Å². The number of thiazole rings is 1. The van der Waals surface area contributed by atoms with Crippen molar-refractivity contribution >= 4 is 22.2 Å². The molecule has 0 bridgehead atoms. The molecule has 9 heteroatoms. The van der Waals surface area contributed by atoms with Gasteiger partial charge in [-0.3, -0.25) is 9.20 Å². The van der Waals surface area contributed by atoms with Crippen molar-refractivity contribution < 1.29 is 4.79 Å². The minimum absolute atomic E-state index is 0.0315. The molecule has 0 unspecified atom stereocenters. The fourth-order valence-corrected chi connectivity index (χ4v) is 3.80. The summed E-state index contributed by atoms with van der Waals surface area (Å²) in [5, 5.41) is 16.7. The van der Waals surface area contributed by atoms with E-state index in [4.69, 9.17) is 0 Å². The third kappa shape index (κ3) is 2.61. The SMILES string of the molecule is Cc1csc2nc(CNC(=O)[C@H]3CCCCn4nnnc43)cn12. The number of amides is 1. The second-order valence-electron chi connectivity index (χ2n) is 5.79. The molecule has 0 radical (unpaired) electrons. The van der Waals surface area contributed by atoms with Crippen LogP contribution < -0.4 is 5.32 Å². The molecule has 4 heterocycles. The predicted octanol–water partition coefficient (Wildman–Crippen LogP) is 1.27. The summed E-state index contributed by atoms with van der Waals surface area (Å²) in [5.41, 5.74) is 2.01. The Balaban J connectivity index is 1.47. The van der Waals surface area contributed by atoms with Crippen LogP contribution in [0.1, 0.15) is 42.4 Å². The molecule has 0 saturated heterocycles. The van der Waals surface area contributed by atoms with Crippen LogP contribution in [0.2, 0.25) is 0 Å². The molecule has 0 saturated carbocycles. The Morgan fingerprint density at radius 1 is 1.48 bits per heavy atom. The van der Waals surface area contributed by atoms with Gasteiger partial charge >= 0.3 is 0 Å². The van der Waals surface area contributed by atoms with Crippen LogP contribution in [0.3, 0.4) is 0 Å². The van der Waals surface area contributed by atoms with Crippen molar-refractivity contribution in [2.75, 3.05) is 0 Å². The second kappa shape index (κ2) is 5.73. The zero-order valence-electron chi connectivity index (χ0n) is 12.8. The molecule has 1 aliphatic rings. The molecule has 23 heavy (non-hydrogen) atoms. The van der Waals surface area contributed by atoms with E-state index in [1.54, 1.807) is 16.0 Å². The van der Waals surface area contributed by atoms with Crippen molar-refractivity contribution in [3.8, 4) is 0 Å². The number of tetrazole rings is 1. The van der Waals surface area contributed by atoms with E-state index >= 15 is 0 Å². The van der Waals surface area contributed by atoms with Crippen LogP contribution in [0.15, 0.2) is 11.6 Å². The van der Waals surface area contributed by atoms with Crippen molar-refractivity contribution in [3.05, 3.63) is 28.8 Å². The molecule has 1 atom stereocenters. The van der Waals surface area contributed by atoms with E-state index in [-0.39, 0.29) is 11.8 Å². The number of carbonyl (C=O) groups excluding carboxylic acids is 1. The molecule has 0 fully saturated rings. The van der Waals surface area contributed by atoms with Gasteiger partial charge in [-0.2, -0.15) is 0 Å². The summed E-state index contributed by atoms with van der Waals surface area (Å²) < 4.78 is 3.78. The molecule has 3 aromatic heterocycles. The maximum atomic E-state index is 12.6. The van der Waals surface area contributed by atoms with Gasteiger partial charge in [0, 0.05) is 23.8 Å². The van der Waals surface area contributed by atoms with E-state index in [1.165, 1.54) is 0 Å². The molecule has 1 aliphatic heterocycles. The summed E-state index contributed by atoms with van der Waals surface area (Å²) in [7, 11) is 0. The first-order chi connectivity index (χ1) is 11.2. The van der Waals surface area contributed by atoms with Crippen LogP contribution in [0, 0.1) is 6.92 Å². The van der Waals surface area contributed by atoms with E-state index in [0.717, 1.165) is 42.2 Å². The van der Waals surface area contributed by atoms with Gasteiger partial charge in [0.25, 0.3) is 0 Å². The summed E-state index contributed by atoms with van der Waals surface area (Å²) in [5.74, 6) is 0.357. The quantitative estimate of drug-likeness (QED) is 0.781. The van der Waals surface area contributed by atoms with Gasteiger partial charge in [0.15, 0.2) is 10.8 Å². The van der Waals surface area contributed by atoms with Crippen LogP contribution in [0.25, 0.3) is 4.96 Å². The number of nitrogens with zero attached hydrogens (tertiary/aromatic N) is 6. The summed E-state index contributed by atoms with van der Waals surface area (Å²) in [6.07, 6.45) is 4.74. The van der Waals surface area contributed by atoms with E-state index < -0.39 is 0 Å². The molecule has 8 nitrogen and oxygen atoms in total. The summed E-state index contributed by atoms with van der Waals surface area (Å²) in [6.45, 7) is 3.24. The Kier molecular flexibility index (Phi) is 3.56. The molecule has 0 spiro atoms. The Morgan fingerprint density at radius 3 is 3.26 bits per heavy atom. The number of hydrogen-bond donors (Lipinski definition) is 1. The highest BCUT2D eigenvalue weighted by atomic mass is 32.1. The van der Waals surface area contributed by atoms with E-state index in [2.05, 4.69) is 31.2 Å². The Labute approximate surface area is 136 Å². The average molecular weight is 331 g/mol. The monoisotopic (exact) mass is 331 g/mol. The van der Waals surface area contributed by atoms with Gasteiger partial charge in [0.1, 0.15) is 0 Å². The van der Waals surface area contributed by atoms with E-state index in [1.807, 2.05) is 17.5 Å². The number of aryl methyl sites for hydroxylation is 2. The zero-order chi connectivity index (χ0) is 15.8. The Hall–Kier alpha value is -2.29. The highest BCUT2D eigenvalue weighted by molar-refractivity contribution is 7.15. The first kappa shape index (κ1) is 14.3. The lowest BCUT2D eigenvalue weighted by Gasteiger charge is -2.12. The molecule has 120 valence electrons. The van der Waals surface area contributed by atoms with E-state index in [9.17, 15) is 4.79 Å². The number of carbonyl (C=O) groups is 1. The van der Waals surface area contributed by atoms with Gasteiger partial charge in [0.05, 0.1) is 18.2 Å². The Bertz CT molecular complexity index is 848. The molecule has 1 amide bonds. The van der Waals surface area contributed by atoms with Gasteiger partial charge in [-0.1, -0.05) is 6.42 Å². The lowest BCUT2D eigenvalue weighted by atomic mass is 10.0. The molecular formula is C14H17N7OS. The largest absolute Gasteiger partial charge is 0.350 e. The van der Waals surface area contributed by atoms with Crippen molar-refractivity contribution in [2.24, 2.45) is 0 Å². The first-order valence-electron chi connectivity index (χ1n) is 7.68. The first-order valence-corrected chi connectivity index (χ1v) is 8.56. The van der Waals surface area contributed by atoms with Crippen LogP contribution in [0.4, 0.5) is 0 Å². The third-order valence-corrected chi connectivity index (χ3v) is 5.14. The smallest absolute Gasteiger partial charge is 0.231 e. The minimum Gasteiger partial charge on any atom is -0.350 e. The predicted molar refractivity (Wildman–Crippen MR) is 84.1 cm³/mol. The normalized spacial score (nSPS) is 17.9. The Morgan fingerprint density at radius 2 is 2.39 bits per heavy atom. The van der Waals surface area contributed by atoms with Crippen molar-refractivity contribution in [3.63, 3.8) is 0 Å². The standard InChI is InChI=1S/C14H17N7OS/c1-9-8-23-14-16-10(7-20(9)14)6-15-13(22)11-4-2-3-5-21-12(11)17-18-19-21/h7-8,11H,2-6H2,1H3,(H,15,22)/t11-/m0/s1. The van der Waals surface area contributed by atoms with Crippen molar-refractivity contribution in [1.82, 2.24) is 34.9 Å². The summed E-state index contributed by atoms with van der Waals surface area (Å²) in [4.78, 5) is 18.0. The topological polar surface area (TPSA) is 90.0 Å². The van der Waals surface area contributed by atoms with Crippen molar-refractivity contribution in [2.45, 2.75) is 45.2 Å². The number of nitrogens with one attached hydrogen (secondary N) is 1. The van der Waals surface area contributed by atoms with Crippen LogP contribution in [-0.2, 0) is 17.9 Å². The van der Waals surface area contributed by atoms with Gasteiger partial charge in [-0.05, 0) is 30.2 Å². The third-order valence-electron chi connectivity index (χ3n) is 4.18. The fourth-order valence-electron chi connectivity index (χ4n) is 2.93. The maximum Gasteiger partial charge on any atom is 0.231 e. The fraction of sp³-hybridized carbons (Fsp3) is 0.500. The number of aromatic nitrogens is 6. The van der Waals surface area contributed by atoms with Gasteiger partial charge < -0.3 is 5.32 Å². The van der Waals surface area contributed by atoms with Gasteiger partial charge in [0.2, 0.25) is 5.91 Å². The molecule has 1 N–H and O–H groups in total. The zero-order valence-corrected chi connectivity index (χ0v) is 13.6. The highest BCUT2D eigenvalue weighted by Crippen LogP contribution is 2.24. The lowest BCUT2D eigenvalue weighted by molar-refractivity contribution is -0.123. The lowest BCUT2D eigenvalue weighted by Crippen LogP contribution is -2.30. The molecule has 4 rings (SSSR count). The van der Waals surface area contributed by atoms with Gasteiger partial charge in [-0.15, -0.1) is 16.4 Å². The number of imidazole rings is 1. The average Bonchev–Trinajstić information content (AvgIpc) is 3.21. The summed E-state index contributed by atoms with van der Waals surface area (Å²) >= 11 is 1.60. The van der Waals surface area contributed by atoms with Crippen LogP contribution in [-0.4, -0.2) is 35.5 Å². The highest BCUT2D eigenvalue weighted by Gasteiger charge is 2.28. The molecular weight excluding hydrogens is 314 g/mol. The maximum absolute atomic E-state index is 12.6. The number of hydrogen-bond acceptors (Lipinski definition) is 6. The van der Waals surface area contributed by atoms with Crippen molar-refractivity contribution in [1.29, 1.82) is 0 Å². The molecule has 0 aliphatic carbocycles. The molecule has 3 aromatic rings. The molecule has 0 aromatic carbocycles. The second-order valence-corrected chi connectivity index (χ2v) is 6.62. The minimum atomic E-state index is -0.280. The summed E-state index contributed by atoms with van der Waals surface area (Å²) in [6, 6.07) is 0. The van der Waals surface area contributed by atoms with Crippen LogP contribution in [0.5, 0.6) is 0 Å².